The first-order chi connectivity index (χ1) is 13.9. The van der Waals surface area contributed by atoms with Crippen LogP contribution in [-0.4, -0.2) is 28.4 Å². The van der Waals surface area contributed by atoms with Crippen molar-refractivity contribution in [1.29, 1.82) is 0 Å². The summed E-state index contributed by atoms with van der Waals surface area (Å²) in [7, 11) is 1.41. The summed E-state index contributed by atoms with van der Waals surface area (Å²) >= 11 is 0. The Bertz CT molecular complexity index is 826. The zero-order valence-electron chi connectivity index (χ0n) is 17.0. The lowest BCUT2D eigenvalue weighted by atomic mass is 9.68. The fourth-order valence-corrected chi connectivity index (χ4v) is 4.26. The van der Waals surface area contributed by atoms with Gasteiger partial charge in [-0.1, -0.05) is 37.6 Å². The molecule has 3 N–H and O–H groups in total. The van der Waals surface area contributed by atoms with E-state index in [1.54, 1.807) is 30.3 Å². The zero-order valence-corrected chi connectivity index (χ0v) is 17.0. The highest BCUT2D eigenvalue weighted by Gasteiger charge is 2.36. The molecular formula is C24H30O5. The average Bonchev–Trinajstić information content (AvgIpc) is 2.68. The minimum Gasteiger partial charge on any atom is -0.508 e. The first kappa shape index (κ1) is 21.2. The zero-order chi connectivity index (χ0) is 21.0. The van der Waals surface area contributed by atoms with Gasteiger partial charge in [0.1, 0.15) is 11.5 Å². The Morgan fingerprint density at radius 1 is 1.10 bits per heavy atom. The molecule has 1 aliphatic carbocycles. The van der Waals surface area contributed by atoms with Gasteiger partial charge in [0, 0.05) is 0 Å². The quantitative estimate of drug-likeness (QED) is 0.572. The molecule has 0 radical (unpaired) electrons. The maximum absolute atomic E-state index is 12.1. The molecule has 156 valence electrons. The third kappa shape index (κ3) is 4.91. The molecular weight excluding hydrogens is 368 g/mol. The molecule has 3 rings (SSSR count). The number of carbonyl (C=O) groups excluding carboxylic acids is 1. The van der Waals surface area contributed by atoms with Crippen molar-refractivity contribution in [2.45, 2.75) is 51.0 Å². The number of rotatable bonds is 8. The van der Waals surface area contributed by atoms with Crippen molar-refractivity contribution in [2.75, 3.05) is 7.11 Å². The van der Waals surface area contributed by atoms with Gasteiger partial charge in [0.05, 0.1) is 19.1 Å². The van der Waals surface area contributed by atoms with Gasteiger partial charge in [-0.3, -0.25) is 4.79 Å². The lowest BCUT2D eigenvalue weighted by molar-refractivity contribution is -0.146. The summed E-state index contributed by atoms with van der Waals surface area (Å²) in [5.74, 6) is 0.358. The second kappa shape index (κ2) is 9.31. The van der Waals surface area contributed by atoms with Crippen molar-refractivity contribution in [3.05, 3.63) is 59.2 Å². The molecule has 1 saturated carbocycles. The van der Waals surface area contributed by atoms with Crippen LogP contribution in [0.1, 0.15) is 61.3 Å². The van der Waals surface area contributed by atoms with Gasteiger partial charge in [-0.2, -0.15) is 0 Å². The predicted molar refractivity (Wildman–Crippen MR) is 111 cm³/mol. The van der Waals surface area contributed by atoms with E-state index >= 15 is 0 Å². The number of esters is 1. The molecule has 29 heavy (non-hydrogen) atoms. The number of methoxy groups -OCH3 is 1. The van der Waals surface area contributed by atoms with Gasteiger partial charge in [0.15, 0.2) is 0 Å². The predicted octanol–water partition coefficient (Wildman–Crippen LogP) is 4.46. The van der Waals surface area contributed by atoms with Crippen molar-refractivity contribution in [2.24, 2.45) is 11.8 Å². The molecule has 0 aliphatic heterocycles. The normalized spacial score (nSPS) is 17.2. The summed E-state index contributed by atoms with van der Waals surface area (Å²) in [6, 6.07) is 12.1. The Morgan fingerprint density at radius 3 is 2.31 bits per heavy atom. The topological polar surface area (TPSA) is 87.0 Å². The smallest absolute Gasteiger partial charge is 0.309 e. The van der Waals surface area contributed by atoms with Crippen molar-refractivity contribution in [3.63, 3.8) is 0 Å². The van der Waals surface area contributed by atoms with E-state index in [-0.39, 0.29) is 29.3 Å². The maximum atomic E-state index is 12.1. The SMILES string of the molecule is COC(=O)C(C)C(c1ccc(CCC(O)c2ccc(O)cc2)c(O)c1)C1CCC1. The maximum Gasteiger partial charge on any atom is 0.309 e. The number of phenolic OH excluding ortho intramolecular Hbond substituents is 2. The van der Waals surface area contributed by atoms with Crippen LogP contribution in [0.3, 0.4) is 0 Å². The lowest BCUT2D eigenvalue weighted by Gasteiger charge is -2.37. The molecule has 1 aliphatic rings. The average molecular weight is 398 g/mol. The molecule has 0 amide bonds. The van der Waals surface area contributed by atoms with Gasteiger partial charge < -0.3 is 20.1 Å². The number of aliphatic hydroxyl groups is 1. The number of aryl methyl sites for hydroxylation is 1. The van der Waals surface area contributed by atoms with Crippen LogP contribution in [0.4, 0.5) is 0 Å². The number of hydrogen-bond donors (Lipinski definition) is 3. The number of aliphatic hydroxyl groups excluding tert-OH is 1. The van der Waals surface area contributed by atoms with Crippen LogP contribution in [-0.2, 0) is 16.0 Å². The number of hydrogen-bond acceptors (Lipinski definition) is 5. The van der Waals surface area contributed by atoms with Gasteiger partial charge >= 0.3 is 5.97 Å². The van der Waals surface area contributed by atoms with Crippen molar-refractivity contribution in [1.82, 2.24) is 0 Å². The monoisotopic (exact) mass is 398 g/mol. The highest BCUT2D eigenvalue weighted by atomic mass is 16.5. The third-order valence-corrected chi connectivity index (χ3v) is 6.23. The summed E-state index contributed by atoms with van der Waals surface area (Å²) in [5.41, 5.74) is 2.47. The highest BCUT2D eigenvalue weighted by Crippen LogP contribution is 2.44. The van der Waals surface area contributed by atoms with Crippen LogP contribution >= 0.6 is 0 Å². The summed E-state index contributed by atoms with van der Waals surface area (Å²) in [4.78, 5) is 12.1. The van der Waals surface area contributed by atoms with Gasteiger partial charge in [-0.05, 0) is 72.4 Å². The second-order valence-corrected chi connectivity index (χ2v) is 8.06. The molecule has 5 nitrogen and oxygen atoms in total. The summed E-state index contributed by atoms with van der Waals surface area (Å²) < 4.78 is 4.96. The molecule has 1 fully saturated rings. The first-order valence-corrected chi connectivity index (χ1v) is 10.3. The van der Waals surface area contributed by atoms with Gasteiger partial charge in [-0.25, -0.2) is 0 Å². The van der Waals surface area contributed by atoms with Gasteiger partial charge in [0.2, 0.25) is 0 Å². The minimum atomic E-state index is -0.670. The number of phenols is 2. The van der Waals surface area contributed by atoms with Gasteiger partial charge in [0.25, 0.3) is 0 Å². The highest BCUT2D eigenvalue weighted by molar-refractivity contribution is 5.73. The van der Waals surface area contributed by atoms with E-state index in [0.717, 1.165) is 29.5 Å². The Morgan fingerprint density at radius 2 is 1.76 bits per heavy atom. The van der Waals surface area contributed by atoms with Crippen LogP contribution in [0, 0.1) is 11.8 Å². The van der Waals surface area contributed by atoms with E-state index in [4.69, 9.17) is 4.74 Å². The van der Waals surface area contributed by atoms with E-state index in [1.165, 1.54) is 13.5 Å². The Kier molecular flexibility index (Phi) is 6.80. The molecule has 3 atom stereocenters. The summed E-state index contributed by atoms with van der Waals surface area (Å²) in [5, 5.41) is 30.3. The van der Waals surface area contributed by atoms with Crippen LogP contribution < -0.4 is 0 Å². The molecule has 2 aromatic carbocycles. The summed E-state index contributed by atoms with van der Waals surface area (Å²) in [6.07, 6.45) is 3.67. The molecule has 0 spiro atoms. The van der Waals surface area contributed by atoms with Crippen LogP contribution in [0.2, 0.25) is 0 Å². The van der Waals surface area contributed by atoms with E-state index in [2.05, 4.69) is 0 Å². The van der Waals surface area contributed by atoms with Crippen molar-refractivity contribution in [3.8, 4) is 11.5 Å². The molecule has 0 bridgehead atoms. The van der Waals surface area contributed by atoms with E-state index in [9.17, 15) is 20.1 Å². The Hall–Kier alpha value is -2.53. The Balaban J connectivity index is 1.71. The Labute approximate surface area is 172 Å². The van der Waals surface area contributed by atoms with E-state index in [1.807, 2.05) is 19.1 Å². The van der Waals surface area contributed by atoms with Crippen LogP contribution in [0.5, 0.6) is 11.5 Å². The number of aromatic hydroxyl groups is 2. The first-order valence-electron chi connectivity index (χ1n) is 10.3. The minimum absolute atomic E-state index is 0.0405. The van der Waals surface area contributed by atoms with Gasteiger partial charge in [-0.15, -0.1) is 0 Å². The van der Waals surface area contributed by atoms with Crippen LogP contribution in [0.25, 0.3) is 0 Å². The molecule has 0 saturated heterocycles. The summed E-state index contributed by atoms with van der Waals surface area (Å²) in [6.45, 7) is 1.90. The molecule has 0 heterocycles. The number of ether oxygens (including phenoxy) is 1. The fraction of sp³-hybridized carbons (Fsp3) is 0.458. The fourth-order valence-electron chi connectivity index (χ4n) is 4.26. The molecule has 0 aromatic heterocycles. The molecule has 5 heteroatoms. The van der Waals surface area contributed by atoms with E-state index in [0.29, 0.717) is 18.8 Å². The van der Waals surface area contributed by atoms with Crippen molar-refractivity contribution < 1.29 is 24.9 Å². The number of benzene rings is 2. The molecule has 2 aromatic rings. The third-order valence-electron chi connectivity index (χ3n) is 6.23. The van der Waals surface area contributed by atoms with Crippen LogP contribution in [0.15, 0.2) is 42.5 Å². The lowest BCUT2D eigenvalue weighted by Crippen LogP contribution is -2.30. The number of carbonyl (C=O) groups is 1. The largest absolute Gasteiger partial charge is 0.508 e. The standard InChI is InChI=1S/C24H30O5/c1-15(24(28)29-2)23(18-4-3-5-18)19-7-6-17(22(27)14-19)10-13-21(26)16-8-11-20(25)12-9-16/h6-9,11-12,14-15,18,21,23,25-27H,3-5,10,13H2,1-2H3. The van der Waals surface area contributed by atoms with E-state index < -0.39 is 6.10 Å². The van der Waals surface area contributed by atoms with Crippen molar-refractivity contribution >= 4 is 5.97 Å². The molecule has 3 unspecified atom stereocenters. The second-order valence-electron chi connectivity index (χ2n) is 8.06.